The third-order valence-corrected chi connectivity index (χ3v) is 5.33. The van der Waals surface area contributed by atoms with Crippen LogP contribution in [0.1, 0.15) is 26.2 Å². The summed E-state index contributed by atoms with van der Waals surface area (Å²) < 4.78 is 35.5. The smallest absolute Gasteiger partial charge is 0.307 e. The predicted octanol–water partition coefficient (Wildman–Crippen LogP) is 0.380. The topological polar surface area (TPSA) is 72.9 Å². The molecule has 0 amide bonds. The minimum atomic E-state index is -3.33. The number of esters is 1. The van der Waals surface area contributed by atoms with E-state index < -0.39 is 15.3 Å². The van der Waals surface area contributed by atoms with Crippen LogP contribution in [0.15, 0.2) is 0 Å². The fourth-order valence-corrected chi connectivity index (χ4v) is 3.48. The summed E-state index contributed by atoms with van der Waals surface area (Å²) in [7, 11) is -1.82. The number of hydrogen-bond acceptors (Lipinski definition) is 5. The van der Waals surface area contributed by atoms with Crippen molar-refractivity contribution in [3.05, 3.63) is 0 Å². The zero-order valence-corrected chi connectivity index (χ0v) is 11.7. The van der Waals surface area contributed by atoms with Gasteiger partial charge in [0.2, 0.25) is 10.0 Å². The molecule has 0 unspecified atom stereocenters. The summed E-state index contributed by atoms with van der Waals surface area (Å²) in [4.78, 5) is 11.2. The summed E-state index contributed by atoms with van der Waals surface area (Å²) in [6, 6.07) is 0. The van der Waals surface area contributed by atoms with Crippen LogP contribution in [-0.4, -0.2) is 57.4 Å². The van der Waals surface area contributed by atoms with Crippen molar-refractivity contribution in [1.29, 1.82) is 0 Å². The first-order valence-electron chi connectivity index (χ1n) is 6.17. The van der Waals surface area contributed by atoms with Gasteiger partial charge in [-0.1, -0.05) is 0 Å². The SMILES string of the molecule is CCOC(=O)CCN(C)S(=O)(=O)C1CCOCC1. The van der Waals surface area contributed by atoms with Crippen molar-refractivity contribution in [1.82, 2.24) is 4.31 Å². The van der Waals surface area contributed by atoms with E-state index in [9.17, 15) is 13.2 Å². The quantitative estimate of drug-likeness (QED) is 0.657. The summed E-state index contributed by atoms with van der Waals surface area (Å²) >= 11 is 0. The van der Waals surface area contributed by atoms with Gasteiger partial charge in [-0.15, -0.1) is 0 Å². The van der Waals surface area contributed by atoms with Crippen LogP contribution < -0.4 is 0 Å². The van der Waals surface area contributed by atoms with Crippen molar-refractivity contribution < 1.29 is 22.7 Å². The molecule has 0 radical (unpaired) electrons. The van der Waals surface area contributed by atoms with Gasteiger partial charge in [0.15, 0.2) is 0 Å². The van der Waals surface area contributed by atoms with E-state index in [4.69, 9.17) is 9.47 Å². The molecule has 0 aromatic carbocycles. The van der Waals surface area contributed by atoms with Crippen molar-refractivity contribution in [3.63, 3.8) is 0 Å². The Morgan fingerprint density at radius 3 is 2.56 bits per heavy atom. The molecule has 0 atom stereocenters. The van der Waals surface area contributed by atoms with Crippen LogP contribution >= 0.6 is 0 Å². The molecule has 0 aliphatic carbocycles. The molecular weight excluding hydrogens is 258 g/mol. The molecule has 1 fully saturated rings. The number of hydrogen-bond donors (Lipinski definition) is 0. The van der Waals surface area contributed by atoms with Crippen LogP contribution in [0.4, 0.5) is 0 Å². The first-order valence-corrected chi connectivity index (χ1v) is 7.67. The monoisotopic (exact) mass is 279 g/mol. The Kier molecular flexibility index (Phi) is 6.04. The minimum Gasteiger partial charge on any atom is -0.466 e. The highest BCUT2D eigenvalue weighted by Gasteiger charge is 2.31. The lowest BCUT2D eigenvalue weighted by molar-refractivity contribution is -0.143. The van der Waals surface area contributed by atoms with Gasteiger partial charge in [-0.05, 0) is 19.8 Å². The van der Waals surface area contributed by atoms with Crippen molar-refractivity contribution in [2.75, 3.05) is 33.4 Å². The molecule has 0 aromatic heterocycles. The van der Waals surface area contributed by atoms with Crippen LogP contribution in [0.3, 0.4) is 0 Å². The number of ether oxygens (including phenoxy) is 2. The maximum atomic E-state index is 12.2. The van der Waals surface area contributed by atoms with Gasteiger partial charge in [-0.25, -0.2) is 12.7 Å². The molecule has 1 rings (SSSR count). The third kappa shape index (κ3) is 4.22. The Hall–Kier alpha value is -0.660. The molecule has 7 heteroatoms. The predicted molar refractivity (Wildman–Crippen MR) is 66.6 cm³/mol. The van der Waals surface area contributed by atoms with Crippen LogP contribution in [-0.2, 0) is 24.3 Å². The maximum Gasteiger partial charge on any atom is 0.307 e. The molecular formula is C11H21NO5S. The van der Waals surface area contributed by atoms with Gasteiger partial charge >= 0.3 is 5.97 Å². The van der Waals surface area contributed by atoms with Crippen molar-refractivity contribution in [2.24, 2.45) is 0 Å². The van der Waals surface area contributed by atoms with E-state index in [1.807, 2.05) is 0 Å². The van der Waals surface area contributed by atoms with Gasteiger partial charge in [-0.3, -0.25) is 4.79 Å². The van der Waals surface area contributed by atoms with Gasteiger partial charge in [0.05, 0.1) is 18.3 Å². The minimum absolute atomic E-state index is 0.0901. The molecule has 1 heterocycles. The zero-order valence-electron chi connectivity index (χ0n) is 10.9. The van der Waals surface area contributed by atoms with E-state index in [1.165, 1.54) is 11.4 Å². The third-order valence-electron chi connectivity index (χ3n) is 2.96. The highest BCUT2D eigenvalue weighted by molar-refractivity contribution is 7.89. The normalized spacial score (nSPS) is 17.9. The fraction of sp³-hybridized carbons (Fsp3) is 0.909. The largest absolute Gasteiger partial charge is 0.466 e. The summed E-state index contributed by atoms with van der Waals surface area (Å²) in [5.41, 5.74) is 0. The summed E-state index contributed by atoms with van der Waals surface area (Å²) in [5, 5.41) is -0.390. The van der Waals surface area contributed by atoms with Gasteiger partial charge in [0, 0.05) is 26.8 Å². The lowest BCUT2D eigenvalue weighted by Crippen LogP contribution is -2.40. The molecule has 106 valence electrons. The van der Waals surface area contributed by atoms with E-state index in [2.05, 4.69) is 0 Å². The molecule has 18 heavy (non-hydrogen) atoms. The van der Waals surface area contributed by atoms with E-state index in [0.717, 1.165) is 0 Å². The molecule has 0 N–H and O–H groups in total. The van der Waals surface area contributed by atoms with Crippen molar-refractivity contribution in [3.8, 4) is 0 Å². The number of carbonyl (C=O) groups is 1. The molecule has 0 aromatic rings. The Labute approximate surface area is 108 Å². The zero-order chi connectivity index (χ0) is 13.6. The van der Waals surface area contributed by atoms with Crippen molar-refractivity contribution >= 4 is 16.0 Å². The summed E-state index contributed by atoms with van der Waals surface area (Å²) in [5.74, 6) is -0.369. The molecule has 1 saturated heterocycles. The molecule has 0 bridgehead atoms. The standard InChI is InChI=1S/C11H21NO5S/c1-3-17-11(13)4-7-12(2)18(14,15)10-5-8-16-9-6-10/h10H,3-9H2,1-2H3. The first kappa shape index (κ1) is 15.4. The first-order chi connectivity index (χ1) is 8.48. The summed E-state index contributed by atoms with van der Waals surface area (Å²) in [6.07, 6.45) is 1.13. The van der Waals surface area contributed by atoms with Gasteiger partial charge in [-0.2, -0.15) is 0 Å². The second-order valence-corrected chi connectivity index (χ2v) is 6.55. The van der Waals surface area contributed by atoms with Crippen LogP contribution in [0, 0.1) is 0 Å². The second-order valence-electron chi connectivity index (χ2n) is 4.23. The second kappa shape index (κ2) is 7.06. The van der Waals surface area contributed by atoms with Gasteiger partial charge in [0.25, 0.3) is 0 Å². The number of nitrogens with zero attached hydrogens (tertiary/aromatic N) is 1. The molecule has 0 saturated carbocycles. The fourth-order valence-electron chi connectivity index (χ4n) is 1.84. The van der Waals surface area contributed by atoms with Crippen LogP contribution in [0.2, 0.25) is 0 Å². The van der Waals surface area contributed by atoms with E-state index in [0.29, 0.717) is 32.7 Å². The van der Waals surface area contributed by atoms with Gasteiger partial charge in [0.1, 0.15) is 0 Å². The Morgan fingerprint density at radius 1 is 1.39 bits per heavy atom. The molecule has 1 aliphatic heterocycles. The van der Waals surface area contributed by atoms with Crippen LogP contribution in [0.5, 0.6) is 0 Å². The summed E-state index contributed by atoms with van der Waals surface area (Å²) in [6.45, 7) is 3.17. The lowest BCUT2D eigenvalue weighted by atomic mass is 10.2. The lowest BCUT2D eigenvalue weighted by Gasteiger charge is -2.27. The highest BCUT2D eigenvalue weighted by atomic mass is 32.2. The number of sulfonamides is 1. The molecule has 0 spiro atoms. The highest BCUT2D eigenvalue weighted by Crippen LogP contribution is 2.18. The maximum absolute atomic E-state index is 12.2. The Bertz CT molecular complexity index is 362. The molecule has 6 nitrogen and oxygen atoms in total. The van der Waals surface area contributed by atoms with E-state index >= 15 is 0 Å². The average molecular weight is 279 g/mol. The van der Waals surface area contributed by atoms with Crippen LogP contribution in [0.25, 0.3) is 0 Å². The average Bonchev–Trinajstić information content (AvgIpc) is 2.37. The Balaban J connectivity index is 2.48. The number of rotatable bonds is 6. The molecule has 1 aliphatic rings. The van der Waals surface area contributed by atoms with E-state index in [-0.39, 0.29) is 18.9 Å². The Morgan fingerprint density at radius 2 is 2.00 bits per heavy atom. The van der Waals surface area contributed by atoms with E-state index in [1.54, 1.807) is 6.92 Å². The number of carbonyl (C=O) groups excluding carboxylic acids is 1. The van der Waals surface area contributed by atoms with Crippen molar-refractivity contribution in [2.45, 2.75) is 31.4 Å². The van der Waals surface area contributed by atoms with Gasteiger partial charge < -0.3 is 9.47 Å².